The zero-order chi connectivity index (χ0) is 11.7. The van der Waals surface area contributed by atoms with Crippen LogP contribution in [0.5, 0.6) is 0 Å². The monoisotopic (exact) mass is 239 g/mol. The van der Waals surface area contributed by atoms with Gasteiger partial charge in [-0.25, -0.2) is 8.78 Å². The lowest BCUT2D eigenvalue weighted by atomic mass is 10.0. The first-order valence-electron chi connectivity index (χ1n) is 4.86. The minimum absolute atomic E-state index is 0.0379. The molecule has 0 bridgehead atoms. The molecule has 4 heteroatoms. The van der Waals surface area contributed by atoms with Gasteiger partial charge in [-0.15, -0.1) is 11.3 Å². The van der Waals surface area contributed by atoms with Gasteiger partial charge >= 0.3 is 0 Å². The molecular formula is C12H11F2NS. The van der Waals surface area contributed by atoms with Crippen molar-refractivity contribution in [1.29, 1.82) is 0 Å². The van der Waals surface area contributed by atoms with E-state index in [0.29, 0.717) is 17.7 Å². The average molecular weight is 239 g/mol. The molecule has 0 saturated heterocycles. The van der Waals surface area contributed by atoms with E-state index in [9.17, 15) is 8.78 Å². The van der Waals surface area contributed by atoms with Crippen LogP contribution in [0.2, 0.25) is 0 Å². The molecular weight excluding hydrogens is 228 g/mol. The van der Waals surface area contributed by atoms with E-state index in [-0.39, 0.29) is 5.56 Å². The molecule has 0 spiro atoms. The molecule has 2 rings (SSSR count). The lowest BCUT2D eigenvalue weighted by Crippen LogP contribution is -1.93. The summed E-state index contributed by atoms with van der Waals surface area (Å²) < 4.78 is 27.4. The summed E-state index contributed by atoms with van der Waals surface area (Å²) in [5.74, 6) is -1.04. The van der Waals surface area contributed by atoms with Gasteiger partial charge in [0.2, 0.25) is 0 Å². The highest BCUT2D eigenvalue weighted by Gasteiger charge is 2.14. The zero-order valence-corrected chi connectivity index (χ0v) is 9.57. The lowest BCUT2D eigenvalue weighted by Gasteiger charge is -2.04. The highest BCUT2D eigenvalue weighted by atomic mass is 32.1. The van der Waals surface area contributed by atoms with E-state index < -0.39 is 11.6 Å². The first-order valence-corrected chi connectivity index (χ1v) is 5.74. The molecule has 1 heterocycles. The van der Waals surface area contributed by atoms with E-state index in [4.69, 9.17) is 5.73 Å². The van der Waals surface area contributed by atoms with Crippen molar-refractivity contribution in [3.8, 4) is 11.1 Å². The molecule has 0 aliphatic rings. The highest BCUT2D eigenvalue weighted by molar-refractivity contribution is 7.10. The first-order chi connectivity index (χ1) is 7.63. The fourth-order valence-corrected chi connectivity index (χ4v) is 2.30. The molecule has 0 atom stereocenters. The van der Waals surface area contributed by atoms with Gasteiger partial charge in [-0.1, -0.05) is 6.07 Å². The van der Waals surface area contributed by atoms with Crippen LogP contribution in [-0.4, -0.2) is 0 Å². The smallest absolute Gasteiger partial charge is 0.136 e. The van der Waals surface area contributed by atoms with Gasteiger partial charge < -0.3 is 5.73 Å². The van der Waals surface area contributed by atoms with Crippen molar-refractivity contribution >= 4 is 11.3 Å². The maximum atomic E-state index is 13.8. The van der Waals surface area contributed by atoms with Crippen molar-refractivity contribution in [2.24, 2.45) is 5.73 Å². The van der Waals surface area contributed by atoms with Gasteiger partial charge in [0.1, 0.15) is 11.6 Å². The van der Waals surface area contributed by atoms with Crippen molar-refractivity contribution < 1.29 is 8.78 Å². The molecule has 2 aromatic rings. The predicted octanol–water partition coefficient (Wildman–Crippen LogP) is 3.46. The van der Waals surface area contributed by atoms with Crippen LogP contribution in [0.4, 0.5) is 8.78 Å². The summed E-state index contributed by atoms with van der Waals surface area (Å²) >= 11 is 1.41. The quantitative estimate of drug-likeness (QED) is 0.853. The number of thiophene rings is 1. The van der Waals surface area contributed by atoms with E-state index in [1.54, 1.807) is 18.4 Å². The summed E-state index contributed by atoms with van der Waals surface area (Å²) in [5.41, 5.74) is 6.51. The third-order valence-electron chi connectivity index (χ3n) is 2.43. The second kappa shape index (κ2) is 4.31. The number of benzene rings is 1. The van der Waals surface area contributed by atoms with Crippen LogP contribution in [0.25, 0.3) is 11.1 Å². The maximum Gasteiger partial charge on any atom is 0.136 e. The minimum Gasteiger partial charge on any atom is -0.326 e. The first kappa shape index (κ1) is 11.2. The fourth-order valence-electron chi connectivity index (χ4n) is 1.54. The van der Waals surface area contributed by atoms with Crippen LogP contribution in [0.15, 0.2) is 23.6 Å². The topological polar surface area (TPSA) is 26.0 Å². The molecule has 84 valence electrons. The molecule has 0 radical (unpaired) electrons. The normalized spacial score (nSPS) is 10.8. The SMILES string of the molecule is Cc1ccc(F)c(-c2csc(CN)c2)c1F. The Labute approximate surface area is 96.5 Å². The van der Waals surface area contributed by atoms with Gasteiger partial charge in [-0.3, -0.25) is 0 Å². The Morgan fingerprint density at radius 1 is 1.31 bits per heavy atom. The number of hydrogen-bond acceptors (Lipinski definition) is 2. The van der Waals surface area contributed by atoms with Crippen LogP contribution in [0.3, 0.4) is 0 Å². The molecule has 1 aromatic heterocycles. The highest BCUT2D eigenvalue weighted by Crippen LogP contribution is 2.31. The Bertz CT molecular complexity index is 520. The second-order valence-electron chi connectivity index (χ2n) is 3.56. The summed E-state index contributed by atoms with van der Waals surface area (Å²) in [5, 5.41) is 1.73. The van der Waals surface area contributed by atoms with Crippen molar-refractivity contribution in [3.05, 3.63) is 45.7 Å². The summed E-state index contributed by atoms with van der Waals surface area (Å²) in [6.45, 7) is 2.01. The number of rotatable bonds is 2. The third-order valence-corrected chi connectivity index (χ3v) is 3.39. The summed E-state index contributed by atoms with van der Waals surface area (Å²) in [6.07, 6.45) is 0. The van der Waals surface area contributed by atoms with Gasteiger partial charge in [-0.2, -0.15) is 0 Å². The molecule has 0 saturated carbocycles. The van der Waals surface area contributed by atoms with Gasteiger partial charge in [0.05, 0.1) is 5.56 Å². The van der Waals surface area contributed by atoms with Crippen LogP contribution in [0, 0.1) is 18.6 Å². The van der Waals surface area contributed by atoms with Crippen molar-refractivity contribution in [1.82, 2.24) is 0 Å². The van der Waals surface area contributed by atoms with Crippen LogP contribution in [0.1, 0.15) is 10.4 Å². The number of aryl methyl sites for hydroxylation is 1. The molecule has 0 fully saturated rings. The third kappa shape index (κ3) is 1.86. The number of hydrogen-bond donors (Lipinski definition) is 1. The van der Waals surface area contributed by atoms with Gasteiger partial charge in [0, 0.05) is 11.4 Å². The Hall–Kier alpha value is -1.26. The molecule has 1 aromatic carbocycles. The van der Waals surface area contributed by atoms with Crippen LogP contribution < -0.4 is 5.73 Å². The number of halogens is 2. The Morgan fingerprint density at radius 2 is 2.06 bits per heavy atom. The summed E-state index contributed by atoms with van der Waals surface area (Å²) in [7, 11) is 0. The fraction of sp³-hybridized carbons (Fsp3) is 0.167. The van der Waals surface area contributed by atoms with Gasteiger partial charge in [0.25, 0.3) is 0 Å². The molecule has 16 heavy (non-hydrogen) atoms. The Morgan fingerprint density at radius 3 is 2.69 bits per heavy atom. The second-order valence-corrected chi connectivity index (χ2v) is 4.55. The largest absolute Gasteiger partial charge is 0.326 e. The number of nitrogens with two attached hydrogens (primary N) is 1. The molecule has 0 amide bonds. The standard InChI is InChI=1S/C12H11F2NS/c1-7-2-3-10(13)11(12(7)14)8-4-9(5-15)16-6-8/h2-4,6H,5,15H2,1H3. The van der Waals surface area contributed by atoms with Crippen molar-refractivity contribution in [2.75, 3.05) is 0 Å². The van der Waals surface area contributed by atoms with E-state index in [1.165, 1.54) is 23.5 Å². The van der Waals surface area contributed by atoms with Crippen LogP contribution in [-0.2, 0) is 6.54 Å². The lowest BCUT2D eigenvalue weighted by molar-refractivity contribution is 0.584. The average Bonchev–Trinajstić information content (AvgIpc) is 2.73. The van der Waals surface area contributed by atoms with E-state index in [2.05, 4.69) is 0 Å². The Kier molecular flexibility index (Phi) is 3.03. The summed E-state index contributed by atoms with van der Waals surface area (Å²) in [4.78, 5) is 0.912. The molecule has 0 aliphatic carbocycles. The van der Waals surface area contributed by atoms with E-state index in [0.717, 1.165) is 4.88 Å². The molecule has 0 aliphatic heterocycles. The van der Waals surface area contributed by atoms with Crippen molar-refractivity contribution in [2.45, 2.75) is 13.5 Å². The van der Waals surface area contributed by atoms with E-state index in [1.807, 2.05) is 0 Å². The summed E-state index contributed by atoms with van der Waals surface area (Å²) in [6, 6.07) is 4.45. The minimum atomic E-state index is -0.538. The van der Waals surface area contributed by atoms with Gasteiger partial charge in [-0.05, 0) is 35.6 Å². The zero-order valence-electron chi connectivity index (χ0n) is 8.76. The molecule has 0 unspecified atom stereocenters. The molecule has 2 N–H and O–H groups in total. The predicted molar refractivity (Wildman–Crippen MR) is 62.3 cm³/mol. The van der Waals surface area contributed by atoms with Gasteiger partial charge in [0.15, 0.2) is 0 Å². The van der Waals surface area contributed by atoms with Crippen LogP contribution >= 0.6 is 11.3 Å². The Balaban J connectivity index is 2.58. The molecule has 1 nitrogen and oxygen atoms in total. The maximum absolute atomic E-state index is 13.8. The van der Waals surface area contributed by atoms with Crippen molar-refractivity contribution in [3.63, 3.8) is 0 Å². The van der Waals surface area contributed by atoms with E-state index >= 15 is 0 Å².